The molecule has 0 bridgehead atoms. The first kappa shape index (κ1) is 11.4. The summed E-state index contributed by atoms with van der Waals surface area (Å²) in [5.41, 5.74) is 0. The smallest absolute Gasteiger partial charge is 0.321 e. The van der Waals surface area contributed by atoms with Gasteiger partial charge in [-0.05, 0) is 13.3 Å². The molecule has 12 heavy (non-hydrogen) atoms. The summed E-state index contributed by atoms with van der Waals surface area (Å²) in [7, 11) is -3.58. The van der Waals surface area contributed by atoms with Gasteiger partial charge in [-0.2, -0.15) is 0 Å². The van der Waals surface area contributed by atoms with Gasteiger partial charge in [0.2, 0.25) is 0 Å². The molecule has 6 heteroatoms. The molecule has 0 aromatic carbocycles. The van der Waals surface area contributed by atoms with E-state index in [1.165, 1.54) is 0 Å². The first-order valence-corrected chi connectivity index (χ1v) is 5.18. The summed E-state index contributed by atoms with van der Waals surface area (Å²) < 4.78 is 22.1. The van der Waals surface area contributed by atoms with Gasteiger partial charge >= 0.3 is 5.97 Å². The fourth-order valence-electron chi connectivity index (χ4n) is 0.596. The van der Waals surface area contributed by atoms with Crippen molar-refractivity contribution in [3.8, 4) is 0 Å². The maximum absolute atomic E-state index is 11.0. The molecule has 0 radical (unpaired) electrons. The van der Waals surface area contributed by atoms with Crippen LogP contribution in [0.3, 0.4) is 0 Å². The van der Waals surface area contributed by atoms with Gasteiger partial charge in [0.1, 0.15) is 0 Å². The summed E-state index contributed by atoms with van der Waals surface area (Å²) in [5.74, 6) is -1.63. The lowest BCUT2D eigenvalue weighted by atomic mass is 10.5. The molecule has 0 saturated heterocycles. The third kappa shape index (κ3) is 3.19. The molecule has 0 aliphatic rings. The van der Waals surface area contributed by atoms with Crippen LogP contribution in [0.4, 0.5) is 0 Å². The molecule has 72 valence electrons. The Morgan fingerprint density at radius 3 is 2.33 bits per heavy atom. The average molecular weight is 196 g/mol. The molecular weight excluding hydrogens is 184 g/mol. The van der Waals surface area contributed by atoms with Crippen LogP contribution in [0.1, 0.15) is 13.3 Å². The van der Waals surface area contributed by atoms with Crippen molar-refractivity contribution in [2.45, 2.75) is 18.6 Å². The van der Waals surface area contributed by atoms with E-state index in [4.69, 9.17) is 10.2 Å². The monoisotopic (exact) mass is 196 g/mol. The molecule has 0 amide bonds. The topological polar surface area (TPSA) is 91.7 Å². The Bertz CT molecular complexity index is 243. The lowest BCUT2D eigenvalue weighted by Crippen LogP contribution is -2.29. The van der Waals surface area contributed by atoms with Crippen molar-refractivity contribution >= 4 is 15.8 Å². The highest BCUT2D eigenvalue weighted by Crippen LogP contribution is 2.03. The number of sulfone groups is 1. The molecule has 0 saturated carbocycles. The highest BCUT2D eigenvalue weighted by Gasteiger charge is 2.26. The first-order valence-electron chi connectivity index (χ1n) is 3.47. The van der Waals surface area contributed by atoms with Gasteiger partial charge in [0.05, 0.1) is 5.75 Å². The summed E-state index contributed by atoms with van der Waals surface area (Å²) in [6.45, 7) is 0.876. The molecular formula is C6H12O5S. The van der Waals surface area contributed by atoms with E-state index in [2.05, 4.69) is 0 Å². The Morgan fingerprint density at radius 2 is 2.00 bits per heavy atom. The molecule has 0 aliphatic carbocycles. The second-order valence-electron chi connectivity index (χ2n) is 2.42. The summed E-state index contributed by atoms with van der Waals surface area (Å²) in [5, 5.41) is 15.3. The maximum Gasteiger partial charge on any atom is 0.321 e. The van der Waals surface area contributed by atoms with Crippen LogP contribution >= 0.6 is 0 Å². The highest BCUT2D eigenvalue weighted by molar-refractivity contribution is 7.92. The summed E-state index contributed by atoms with van der Waals surface area (Å²) in [4.78, 5) is 10.3. The van der Waals surface area contributed by atoms with E-state index in [9.17, 15) is 13.2 Å². The Balaban J connectivity index is 4.31. The molecule has 2 N–H and O–H groups in total. The van der Waals surface area contributed by atoms with Gasteiger partial charge in [-0.3, -0.25) is 4.79 Å². The fourth-order valence-corrected chi connectivity index (χ4v) is 1.79. The van der Waals surface area contributed by atoms with Gasteiger partial charge in [-0.15, -0.1) is 0 Å². The minimum absolute atomic E-state index is 0.0833. The summed E-state index contributed by atoms with van der Waals surface area (Å²) >= 11 is 0. The molecule has 1 unspecified atom stereocenters. The zero-order valence-corrected chi connectivity index (χ0v) is 7.54. The first-order chi connectivity index (χ1) is 5.41. The van der Waals surface area contributed by atoms with Crippen LogP contribution in [0.25, 0.3) is 0 Å². The van der Waals surface area contributed by atoms with Crippen LogP contribution in [-0.2, 0) is 14.6 Å². The van der Waals surface area contributed by atoms with Crippen LogP contribution in [0, 0.1) is 0 Å². The van der Waals surface area contributed by atoms with Gasteiger partial charge in [-0.1, -0.05) is 0 Å². The van der Waals surface area contributed by atoms with Crippen molar-refractivity contribution in [2.24, 2.45) is 0 Å². The van der Waals surface area contributed by atoms with Crippen LogP contribution in [-0.4, -0.2) is 42.2 Å². The number of aliphatic carboxylic acids is 1. The molecule has 0 rings (SSSR count). The predicted molar refractivity (Wildman–Crippen MR) is 42.6 cm³/mol. The second kappa shape index (κ2) is 4.42. The Morgan fingerprint density at radius 1 is 1.50 bits per heavy atom. The number of carboxylic acid groups (broad SMARTS) is 1. The van der Waals surface area contributed by atoms with E-state index in [1.54, 1.807) is 0 Å². The van der Waals surface area contributed by atoms with Crippen molar-refractivity contribution in [1.29, 1.82) is 0 Å². The lowest BCUT2D eigenvalue weighted by Gasteiger charge is -2.06. The number of carbonyl (C=O) groups is 1. The zero-order valence-electron chi connectivity index (χ0n) is 6.73. The Labute approximate surface area is 70.9 Å². The van der Waals surface area contributed by atoms with Crippen LogP contribution in [0.15, 0.2) is 0 Å². The number of rotatable bonds is 5. The van der Waals surface area contributed by atoms with Gasteiger partial charge in [0.15, 0.2) is 15.1 Å². The zero-order chi connectivity index (χ0) is 9.78. The van der Waals surface area contributed by atoms with Gasteiger partial charge < -0.3 is 10.2 Å². The summed E-state index contributed by atoms with van der Waals surface area (Å²) in [6.07, 6.45) is 0.0833. The number of hydrogen-bond donors (Lipinski definition) is 2. The SMILES string of the molecule is CC(C(=O)O)S(=O)(=O)CCCO. The Kier molecular flexibility index (Phi) is 4.19. The quantitative estimate of drug-likeness (QED) is 0.604. The van der Waals surface area contributed by atoms with Crippen molar-refractivity contribution in [1.82, 2.24) is 0 Å². The van der Waals surface area contributed by atoms with Gasteiger partial charge in [0.25, 0.3) is 0 Å². The normalized spacial score (nSPS) is 14.2. The van der Waals surface area contributed by atoms with E-state index in [0.717, 1.165) is 6.92 Å². The average Bonchev–Trinajstić information content (AvgIpc) is 1.99. The number of aliphatic hydroxyl groups excluding tert-OH is 1. The molecule has 1 atom stereocenters. The molecule has 0 aliphatic heterocycles. The van der Waals surface area contributed by atoms with E-state index in [1.807, 2.05) is 0 Å². The largest absolute Gasteiger partial charge is 0.480 e. The molecule has 0 heterocycles. The van der Waals surface area contributed by atoms with Crippen molar-refractivity contribution in [2.75, 3.05) is 12.4 Å². The van der Waals surface area contributed by atoms with E-state index in [-0.39, 0.29) is 18.8 Å². The van der Waals surface area contributed by atoms with E-state index in [0.29, 0.717) is 0 Å². The second-order valence-corrected chi connectivity index (χ2v) is 4.87. The van der Waals surface area contributed by atoms with Crippen LogP contribution < -0.4 is 0 Å². The minimum atomic E-state index is -3.58. The number of carboxylic acids is 1. The minimum Gasteiger partial charge on any atom is -0.480 e. The van der Waals surface area contributed by atoms with Crippen LogP contribution in [0.2, 0.25) is 0 Å². The van der Waals surface area contributed by atoms with Gasteiger partial charge in [-0.25, -0.2) is 8.42 Å². The molecule has 5 nitrogen and oxygen atoms in total. The van der Waals surface area contributed by atoms with E-state index < -0.39 is 21.1 Å². The molecule has 0 aromatic rings. The van der Waals surface area contributed by atoms with Crippen molar-refractivity contribution in [3.63, 3.8) is 0 Å². The third-order valence-electron chi connectivity index (χ3n) is 1.47. The third-order valence-corrected chi connectivity index (χ3v) is 3.61. The standard InChI is InChI=1S/C6H12O5S/c1-5(6(8)9)12(10,11)4-2-3-7/h5,7H,2-4H2,1H3,(H,8,9). The fraction of sp³-hybridized carbons (Fsp3) is 0.833. The highest BCUT2D eigenvalue weighted by atomic mass is 32.2. The predicted octanol–water partition coefficient (Wildman–Crippen LogP) is -0.743. The maximum atomic E-state index is 11.0. The van der Waals surface area contributed by atoms with E-state index >= 15 is 0 Å². The molecule has 0 aromatic heterocycles. The van der Waals surface area contributed by atoms with Crippen LogP contribution in [0.5, 0.6) is 0 Å². The Hall–Kier alpha value is -0.620. The summed E-state index contributed by atoms with van der Waals surface area (Å²) in [6, 6.07) is 0. The lowest BCUT2D eigenvalue weighted by molar-refractivity contribution is -0.136. The number of hydrogen-bond acceptors (Lipinski definition) is 4. The van der Waals surface area contributed by atoms with Crippen molar-refractivity contribution < 1.29 is 23.4 Å². The molecule has 0 spiro atoms. The molecule has 0 fully saturated rings. The van der Waals surface area contributed by atoms with Gasteiger partial charge in [0, 0.05) is 6.61 Å². The number of aliphatic hydroxyl groups is 1. The van der Waals surface area contributed by atoms with Crippen molar-refractivity contribution in [3.05, 3.63) is 0 Å².